The maximum atomic E-state index is 14.3. The Morgan fingerprint density at radius 2 is 1.86 bits per heavy atom. The molecule has 1 saturated heterocycles. The number of rotatable bonds is 3. The average molecular weight is 397 g/mol. The summed E-state index contributed by atoms with van der Waals surface area (Å²) < 4.78 is 20.2. The van der Waals surface area contributed by atoms with Crippen molar-refractivity contribution in [2.45, 2.75) is 18.8 Å². The average Bonchev–Trinajstić information content (AvgIpc) is 3.16. The van der Waals surface area contributed by atoms with Gasteiger partial charge in [0.2, 0.25) is 0 Å². The van der Waals surface area contributed by atoms with E-state index >= 15 is 0 Å². The topological polar surface area (TPSA) is 95.7 Å². The Bertz CT molecular complexity index is 1090. The number of carboxylic acid groups (broad SMARTS) is 1. The summed E-state index contributed by atoms with van der Waals surface area (Å²) in [6.45, 7) is 0.919. The smallest absolute Gasteiger partial charge is 0.407 e. The predicted octanol–water partition coefficient (Wildman–Crippen LogP) is 3.85. The Balaban J connectivity index is 1.58. The highest BCUT2D eigenvalue weighted by molar-refractivity contribution is 5.95. The van der Waals surface area contributed by atoms with E-state index in [4.69, 9.17) is 9.52 Å². The number of piperidine rings is 1. The van der Waals surface area contributed by atoms with Gasteiger partial charge in [-0.2, -0.15) is 0 Å². The zero-order chi connectivity index (χ0) is 20.5. The van der Waals surface area contributed by atoms with Crippen LogP contribution in [0.15, 0.2) is 40.8 Å². The van der Waals surface area contributed by atoms with Crippen LogP contribution in [0.4, 0.5) is 9.18 Å². The Labute approximate surface area is 166 Å². The third-order valence-corrected chi connectivity index (χ3v) is 5.29. The number of halogens is 1. The monoisotopic (exact) mass is 397 g/mol. The number of fused-ring (bicyclic) bond motifs is 1. The molecule has 1 aliphatic heterocycles. The highest BCUT2D eigenvalue weighted by Crippen LogP contribution is 2.32. The Morgan fingerprint density at radius 1 is 1.17 bits per heavy atom. The summed E-state index contributed by atoms with van der Waals surface area (Å²) in [5.41, 5.74) is 2.69. The van der Waals surface area contributed by atoms with Gasteiger partial charge in [-0.25, -0.2) is 14.2 Å². The van der Waals surface area contributed by atoms with Crippen LogP contribution in [0.5, 0.6) is 0 Å². The van der Waals surface area contributed by atoms with E-state index in [0.29, 0.717) is 48.5 Å². The maximum Gasteiger partial charge on any atom is 0.407 e. The summed E-state index contributed by atoms with van der Waals surface area (Å²) in [4.78, 5) is 28.7. The molecule has 0 aliphatic carbocycles. The normalized spacial score (nSPS) is 14.9. The molecule has 150 valence electrons. The fourth-order valence-corrected chi connectivity index (χ4v) is 3.63. The van der Waals surface area contributed by atoms with Gasteiger partial charge in [-0.3, -0.25) is 4.79 Å². The molecule has 2 amide bonds. The van der Waals surface area contributed by atoms with E-state index in [-0.39, 0.29) is 11.5 Å². The van der Waals surface area contributed by atoms with Crippen LogP contribution in [-0.2, 0) is 0 Å². The number of likely N-dealkylation sites (tertiary alicyclic amines) is 1. The third kappa shape index (κ3) is 3.65. The largest absolute Gasteiger partial charge is 0.465 e. The van der Waals surface area contributed by atoms with Crippen molar-refractivity contribution >= 4 is 23.1 Å². The summed E-state index contributed by atoms with van der Waals surface area (Å²) in [7, 11) is 1.46. The van der Waals surface area contributed by atoms with Gasteiger partial charge in [-0.15, -0.1) is 0 Å². The predicted molar refractivity (Wildman–Crippen MR) is 104 cm³/mol. The number of aromatic nitrogens is 1. The number of nitrogens with zero attached hydrogens (tertiary/aromatic N) is 2. The van der Waals surface area contributed by atoms with E-state index < -0.39 is 17.8 Å². The van der Waals surface area contributed by atoms with Gasteiger partial charge in [0.25, 0.3) is 5.91 Å². The van der Waals surface area contributed by atoms with E-state index in [1.807, 2.05) is 12.1 Å². The molecule has 2 heterocycles. The highest BCUT2D eigenvalue weighted by atomic mass is 19.1. The second-order valence-corrected chi connectivity index (χ2v) is 7.05. The van der Waals surface area contributed by atoms with Gasteiger partial charge in [0.05, 0.1) is 5.56 Å². The number of carbonyl (C=O) groups excluding carboxylic acids is 1. The summed E-state index contributed by atoms with van der Waals surface area (Å²) in [5.74, 6) is -0.387. The molecule has 4 rings (SSSR count). The molecule has 29 heavy (non-hydrogen) atoms. The Kier molecular flexibility index (Phi) is 4.92. The van der Waals surface area contributed by atoms with Crippen molar-refractivity contribution in [3.8, 4) is 11.1 Å². The van der Waals surface area contributed by atoms with Gasteiger partial charge in [-0.1, -0.05) is 12.1 Å². The first-order valence-electron chi connectivity index (χ1n) is 9.36. The summed E-state index contributed by atoms with van der Waals surface area (Å²) in [6.07, 6.45) is 0.427. The van der Waals surface area contributed by atoms with Gasteiger partial charge in [0.1, 0.15) is 11.3 Å². The number of oxazole rings is 1. The molecule has 2 N–H and O–H groups in total. The van der Waals surface area contributed by atoms with Crippen LogP contribution in [-0.4, -0.2) is 47.1 Å². The second-order valence-electron chi connectivity index (χ2n) is 7.05. The molecular weight excluding hydrogens is 377 g/mol. The lowest BCUT2D eigenvalue weighted by atomic mass is 9.97. The lowest BCUT2D eigenvalue weighted by Crippen LogP contribution is -2.36. The number of carbonyl (C=O) groups is 2. The van der Waals surface area contributed by atoms with E-state index in [1.165, 1.54) is 24.1 Å². The molecule has 0 saturated carbocycles. The van der Waals surface area contributed by atoms with Crippen molar-refractivity contribution in [1.29, 1.82) is 0 Å². The van der Waals surface area contributed by atoms with Crippen LogP contribution in [0, 0.1) is 5.82 Å². The lowest BCUT2D eigenvalue weighted by Gasteiger charge is -2.28. The first-order valence-corrected chi connectivity index (χ1v) is 9.36. The van der Waals surface area contributed by atoms with E-state index in [1.54, 1.807) is 12.1 Å². The van der Waals surface area contributed by atoms with Crippen LogP contribution in [0.1, 0.15) is 35.0 Å². The van der Waals surface area contributed by atoms with E-state index in [2.05, 4.69) is 10.3 Å². The SMILES string of the molecule is CNC(=O)c1ccc(-c2ccc3oc(C4CCN(C(=O)O)CC4)nc3c2)cc1F. The zero-order valence-electron chi connectivity index (χ0n) is 15.8. The van der Waals surface area contributed by atoms with Crippen molar-refractivity contribution in [2.24, 2.45) is 0 Å². The first-order chi connectivity index (χ1) is 14.0. The van der Waals surface area contributed by atoms with Crippen molar-refractivity contribution in [3.63, 3.8) is 0 Å². The minimum absolute atomic E-state index is 0.00578. The van der Waals surface area contributed by atoms with Crippen molar-refractivity contribution < 1.29 is 23.5 Å². The molecule has 0 unspecified atom stereocenters. The van der Waals surface area contributed by atoms with Crippen LogP contribution >= 0.6 is 0 Å². The van der Waals surface area contributed by atoms with E-state index in [9.17, 15) is 14.0 Å². The molecule has 3 aromatic rings. The maximum absolute atomic E-state index is 14.3. The number of benzene rings is 2. The van der Waals surface area contributed by atoms with Crippen LogP contribution in [0.2, 0.25) is 0 Å². The molecule has 0 spiro atoms. The quantitative estimate of drug-likeness (QED) is 0.700. The standard InChI is InChI=1S/C21H20FN3O4/c1-23-19(26)15-4-2-13(10-16(15)22)14-3-5-18-17(11-14)24-20(29-18)12-6-8-25(9-7-12)21(27)28/h2-5,10-12H,6-9H2,1H3,(H,23,26)(H,27,28). The van der Waals surface area contributed by atoms with Crippen molar-refractivity contribution in [2.75, 3.05) is 20.1 Å². The molecule has 2 aromatic carbocycles. The van der Waals surface area contributed by atoms with Gasteiger partial charge < -0.3 is 19.7 Å². The van der Waals surface area contributed by atoms with Crippen LogP contribution < -0.4 is 5.32 Å². The number of amides is 2. The first kappa shape index (κ1) is 18.9. The zero-order valence-corrected chi connectivity index (χ0v) is 15.8. The fraction of sp³-hybridized carbons (Fsp3) is 0.286. The molecule has 1 aliphatic rings. The second kappa shape index (κ2) is 7.54. The molecule has 7 nitrogen and oxygen atoms in total. The Hall–Kier alpha value is -3.42. The molecule has 0 atom stereocenters. The number of hydrogen-bond donors (Lipinski definition) is 2. The molecule has 0 bridgehead atoms. The minimum Gasteiger partial charge on any atom is -0.465 e. The van der Waals surface area contributed by atoms with Crippen LogP contribution in [0.25, 0.3) is 22.2 Å². The molecule has 1 aromatic heterocycles. The molecule has 8 heteroatoms. The van der Waals surface area contributed by atoms with Gasteiger partial charge >= 0.3 is 6.09 Å². The van der Waals surface area contributed by atoms with E-state index in [0.717, 1.165) is 5.56 Å². The number of nitrogens with one attached hydrogen (secondary N) is 1. The van der Waals surface area contributed by atoms with Crippen molar-refractivity contribution in [3.05, 3.63) is 53.7 Å². The minimum atomic E-state index is -0.902. The van der Waals surface area contributed by atoms with Gasteiger partial charge in [-0.05, 0) is 48.2 Å². The highest BCUT2D eigenvalue weighted by Gasteiger charge is 2.26. The summed E-state index contributed by atoms with van der Waals surface area (Å²) in [5, 5.41) is 11.5. The summed E-state index contributed by atoms with van der Waals surface area (Å²) >= 11 is 0. The number of hydrogen-bond acceptors (Lipinski definition) is 4. The third-order valence-electron chi connectivity index (χ3n) is 5.29. The molecule has 0 radical (unpaired) electrons. The van der Waals surface area contributed by atoms with Crippen molar-refractivity contribution in [1.82, 2.24) is 15.2 Å². The molecular formula is C21H20FN3O4. The summed E-state index contributed by atoms with van der Waals surface area (Å²) in [6, 6.07) is 9.91. The van der Waals surface area contributed by atoms with Gasteiger partial charge in [0.15, 0.2) is 11.5 Å². The van der Waals surface area contributed by atoms with Gasteiger partial charge in [0, 0.05) is 26.1 Å². The molecule has 1 fully saturated rings. The van der Waals surface area contributed by atoms with Crippen LogP contribution in [0.3, 0.4) is 0 Å². The fourth-order valence-electron chi connectivity index (χ4n) is 3.63. The lowest BCUT2D eigenvalue weighted by molar-refractivity contribution is 0.0959. The Morgan fingerprint density at radius 3 is 2.52 bits per heavy atom.